The minimum absolute atomic E-state index is 0.326. The summed E-state index contributed by atoms with van der Waals surface area (Å²) < 4.78 is 5.81. The summed E-state index contributed by atoms with van der Waals surface area (Å²) in [5.74, 6) is 0.630. The molecule has 0 aromatic rings. The number of rotatable bonds is 4. The first-order valence-electron chi connectivity index (χ1n) is 6.32. The highest BCUT2D eigenvalue weighted by atomic mass is 16.5. The van der Waals surface area contributed by atoms with E-state index in [1.807, 2.05) is 0 Å². The molecule has 2 fully saturated rings. The van der Waals surface area contributed by atoms with Crippen LogP contribution in [0.15, 0.2) is 0 Å². The highest BCUT2D eigenvalue weighted by Gasteiger charge is 2.34. The maximum atomic E-state index is 6.19. The molecule has 0 aromatic heterocycles. The first kappa shape index (κ1) is 11.4. The van der Waals surface area contributed by atoms with Gasteiger partial charge in [0.15, 0.2) is 0 Å². The Balaban J connectivity index is 1.80. The number of fused-ring (bicyclic) bond motifs is 2. The molecule has 4 unspecified atom stereocenters. The lowest BCUT2D eigenvalue weighted by molar-refractivity contribution is -0.0409. The standard InChI is InChI=1S/C12H24N2O/c1-3-9(2)12(13)8-14-6-10-4-5-11(7-14)15-10/h9-12H,3-8,13H2,1-2H3. The van der Waals surface area contributed by atoms with Crippen LogP contribution < -0.4 is 5.73 Å². The molecule has 2 aliphatic heterocycles. The molecule has 3 nitrogen and oxygen atoms in total. The van der Waals surface area contributed by atoms with E-state index in [4.69, 9.17) is 10.5 Å². The Bertz CT molecular complexity index is 198. The predicted molar refractivity (Wildman–Crippen MR) is 61.8 cm³/mol. The molecule has 0 radical (unpaired) electrons. The van der Waals surface area contributed by atoms with Gasteiger partial charge < -0.3 is 10.5 Å². The summed E-state index contributed by atoms with van der Waals surface area (Å²) in [4.78, 5) is 2.50. The molecule has 3 heteroatoms. The number of morpholine rings is 1. The van der Waals surface area contributed by atoms with Gasteiger partial charge in [-0.05, 0) is 18.8 Å². The Morgan fingerprint density at radius 3 is 2.47 bits per heavy atom. The average molecular weight is 212 g/mol. The van der Waals surface area contributed by atoms with Gasteiger partial charge in [-0.1, -0.05) is 20.3 Å². The Morgan fingerprint density at radius 2 is 1.93 bits per heavy atom. The number of nitrogens with zero attached hydrogens (tertiary/aromatic N) is 1. The lowest BCUT2D eigenvalue weighted by atomic mass is 9.99. The molecular weight excluding hydrogens is 188 g/mol. The molecule has 0 spiro atoms. The minimum atomic E-state index is 0.326. The molecular formula is C12H24N2O. The Kier molecular flexibility index (Phi) is 3.65. The molecule has 88 valence electrons. The highest BCUT2D eigenvalue weighted by Crippen LogP contribution is 2.26. The molecule has 15 heavy (non-hydrogen) atoms. The maximum Gasteiger partial charge on any atom is 0.0707 e. The van der Waals surface area contributed by atoms with Crippen LogP contribution in [-0.4, -0.2) is 42.8 Å². The van der Waals surface area contributed by atoms with Crippen LogP contribution in [0.1, 0.15) is 33.1 Å². The van der Waals surface area contributed by atoms with E-state index in [0.29, 0.717) is 24.2 Å². The largest absolute Gasteiger partial charge is 0.372 e. The fraction of sp³-hybridized carbons (Fsp3) is 1.00. The van der Waals surface area contributed by atoms with Gasteiger partial charge in [-0.25, -0.2) is 0 Å². The normalized spacial score (nSPS) is 35.4. The number of ether oxygens (including phenoxy) is 1. The monoisotopic (exact) mass is 212 g/mol. The summed E-state index contributed by atoms with van der Waals surface area (Å²) in [7, 11) is 0. The van der Waals surface area contributed by atoms with Crippen molar-refractivity contribution in [2.45, 2.75) is 51.4 Å². The molecule has 2 N–H and O–H groups in total. The zero-order valence-electron chi connectivity index (χ0n) is 9.98. The Hall–Kier alpha value is -0.120. The molecule has 0 aromatic carbocycles. The zero-order valence-corrected chi connectivity index (χ0v) is 9.98. The van der Waals surface area contributed by atoms with Crippen molar-refractivity contribution in [3.8, 4) is 0 Å². The fourth-order valence-corrected chi connectivity index (χ4v) is 2.63. The van der Waals surface area contributed by atoms with E-state index >= 15 is 0 Å². The molecule has 2 saturated heterocycles. The van der Waals surface area contributed by atoms with Gasteiger partial charge in [-0.2, -0.15) is 0 Å². The van der Waals surface area contributed by atoms with Crippen molar-refractivity contribution in [3.05, 3.63) is 0 Å². The van der Waals surface area contributed by atoms with E-state index in [2.05, 4.69) is 18.7 Å². The second-order valence-corrected chi connectivity index (χ2v) is 5.23. The first-order chi connectivity index (χ1) is 7.19. The second-order valence-electron chi connectivity index (χ2n) is 5.23. The van der Waals surface area contributed by atoms with Crippen LogP contribution in [0.2, 0.25) is 0 Å². The van der Waals surface area contributed by atoms with Gasteiger partial charge in [0.05, 0.1) is 12.2 Å². The smallest absolute Gasteiger partial charge is 0.0707 e. The van der Waals surface area contributed by atoms with Crippen molar-refractivity contribution >= 4 is 0 Å². The van der Waals surface area contributed by atoms with Crippen molar-refractivity contribution in [1.29, 1.82) is 0 Å². The Labute approximate surface area is 93.0 Å². The molecule has 0 aliphatic carbocycles. The van der Waals surface area contributed by atoms with Gasteiger partial charge in [0, 0.05) is 25.7 Å². The van der Waals surface area contributed by atoms with Crippen molar-refractivity contribution in [3.63, 3.8) is 0 Å². The van der Waals surface area contributed by atoms with Crippen LogP contribution in [0.3, 0.4) is 0 Å². The molecule has 0 amide bonds. The van der Waals surface area contributed by atoms with Crippen LogP contribution in [0, 0.1) is 5.92 Å². The number of nitrogens with two attached hydrogens (primary N) is 1. The number of hydrogen-bond donors (Lipinski definition) is 1. The summed E-state index contributed by atoms with van der Waals surface area (Å²) in [6.07, 6.45) is 4.67. The third kappa shape index (κ3) is 2.71. The quantitative estimate of drug-likeness (QED) is 0.761. The fourth-order valence-electron chi connectivity index (χ4n) is 2.63. The SMILES string of the molecule is CCC(C)C(N)CN1CC2CCC(C1)O2. The minimum Gasteiger partial charge on any atom is -0.372 e. The number of likely N-dealkylation sites (tertiary alicyclic amines) is 1. The average Bonchev–Trinajstić information content (AvgIpc) is 2.57. The summed E-state index contributed by atoms with van der Waals surface area (Å²) in [5.41, 5.74) is 6.19. The number of hydrogen-bond acceptors (Lipinski definition) is 3. The van der Waals surface area contributed by atoms with Crippen molar-refractivity contribution in [1.82, 2.24) is 4.90 Å². The third-order valence-corrected chi connectivity index (χ3v) is 3.96. The van der Waals surface area contributed by atoms with E-state index in [1.54, 1.807) is 0 Å². The van der Waals surface area contributed by atoms with Gasteiger partial charge in [0.2, 0.25) is 0 Å². The van der Waals surface area contributed by atoms with Crippen molar-refractivity contribution < 1.29 is 4.74 Å². The first-order valence-corrected chi connectivity index (χ1v) is 6.32. The predicted octanol–water partition coefficient (Wildman–Crippen LogP) is 1.22. The Morgan fingerprint density at radius 1 is 1.33 bits per heavy atom. The lowest BCUT2D eigenvalue weighted by Crippen LogP contribution is -2.49. The van der Waals surface area contributed by atoms with Crippen LogP contribution in [0.4, 0.5) is 0 Å². The second kappa shape index (κ2) is 4.81. The lowest BCUT2D eigenvalue weighted by Gasteiger charge is -2.34. The molecule has 2 aliphatic rings. The molecule has 2 rings (SSSR count). The van der Waals surface area contributed by atoms with Gasteiger partial charge in [0.1, 0.15) is 0 Å². The summed E-state index contributed by atoms with van der Waals surface area (Å²) >= 11 is 0. The molecule has 2 bridgehead atoms. The topological polar surface area (TPSA) is 38.5 Å². The third-order valence-electron chi connectivity index (χ3n) is 3.96. The van der Waals surface area contributed by atoms with Gasteiger partial charge >= 0.3 is 0 Å². The van der Waals surface area contributed by atoms with Crippen LogP contribution in [-0.2, 0) is 4.74 Å². The van der Waals surface area contributed by atoms with Gasteiger partial charge in [-0.3, -0.25) is 4.90 Å². The summed E-state index contributed by atoms with van der Waals surface area (Å²) in [6.45, 7) is 7.71. The van der Waals surface area contributed by atoms with E-state index in [1.165, 1.54) is 19.3 Å². The summed E-state index contributed by atoms with van der Waals surface area (Å²) in [6, 6.07) is 0.326. The highest BCUT2D eigenvalue weighted by molar-refractivity contribution is 4.86. The van der Waals surface area contributed by atoms with Gasteiger partial charge in [0.25, 0.3) is 0 Å². The van der Waals surface area contributed by atoms with E-state index in [9.17, 15) is 0 Å². The van der Waals surface area contributed by atoms with E-state index in [0.717, 1.165) is 19.6 Å². The van der Waals surface area contributed by atoms with Crippen LogP contribution in [0.25, 0.3) is 0 Å². The molecule has 2 heterocycles. The van der Waals surface area contributed by atoms with Gasteiger partial charge in [-0.15, -0.1) is 0 Å². The van der Waals surface area contributed by atoms with Crippen molar-refractivity contribution in [2.24, 2.45) is 11.7 Å². The van der Waals surface area contributed by atoms with E-state index in [-0.39, 0.29) is 0 Å². The zero-order chi connectivity index (χ0) is 10.8. The maximum absolute atomic E-state index is 6.19. The van der Waals surface area contributed by atoms with Crippen LogP contribution in [0.5, 0.6) is 0 Å². The summed E-state index contributed by atoms with van der Waals surface area (Å²) in [5, 5.41) is 0. The molecule has 4 atom stereocenters. The van der Waals surface area contributed by atoms with Crippen molar-refractivity contribution in [2.75, 3.05) is 19.6 Å². The van der Waals surface area contributed by atoms with Crippen LogP contribution >= 0.6 is 0 Å². The molecule has 0 saturated carbocycles. The van der Waals surface area contributed by atoms with E-state index < -0.39 is 0 Å².